The van der Waals surface area contributed by atoms with Crippen molar-refractivity contribution in [1.29, 1.82) is 0 Å². The average Bonchev–Trinajstić information content (AvgIpc) is 1.96. The number of alkyl halides is 3. The second kappa shape index (κ2) is 3.98. The monoisotopic (exact) mass is 244 g/mol. The summed E-state index contributed by atoms with van der Waals surface area (Å²) in [5.41, 5.74) is -4.47. The zero-order valence-electron chi connectivity index (χ0n) is 6.95. The van der Waals surface area contributed by atoms with Gasteiger partial charge in [0.2, 0.25) is 0 Å². The highest BCUT2D eigenvalue weighted by Crippen LogP contribution is 2.39. The average molecular weight is 245 g/mol. The van der Waals surface area contributed by atoms with Crippen LogP contribution in [0.25, 0.3) is 0 Å². The van der Waals surface area contributed by atoms with Crippen LogP contribution in [0.5, 0.6) is 0 Å². The summed E-state index contributed by atoms with van der Waals surface area (Å²) in [6.07, 6.45) is 0. The third kappa shape index (κ3) is 3.06. The minimum Gasteiger partial charge on any atom is -0.207 e. The fraction of sp³-hybridized carbons (Fsp3) is 0.250. The highest BCUT2D eigenvalue weighted by atomic mass is 35.5. The molecule has 6 heteroatoms. The highest BCUT2D eigenvalue weighted by Gasteiger charge is 2.30. The van der Waals surface area contributed by atoms with E-state index in [9.17, 15) is 17.6 Å². The second-order valence-corrected chi connectivity index (χ2v) is 4.10. The SMILES string of the molecule is Cc1c(F)cc(Cl)cc1SC(F)(F)F. The van der Waals surface area contributed by atoms with E-state index < -0.39 is 11.3 Å². The number of benzene rings is 1. The first-order valence-electron chi connectivity index (χ1n) is 3.51. The summed E-state index contributed by atoms with van der Waals surface area (Å²) in [6, 6.07) is 2.08. The maximum atomic E-state index is 13.0. The Morgan fingerprint density at radius 1 is 1.29 bits per heavy atom. The lowest BCUT2D eigenvalue weighted by Gasteiger charge is -2.09. The van der Waals surface area contributed by atoms with Crippen molar-refractivity contribution in [3.8, 4) is 0 Å². The Morgan fingerprint density at radius 3 is 2.36 bits per heavy atom. The zero-order chi connectivity index (χ0) is 10.9. The van der Waals surface area contributed by atoms with Gasteiger partial charge in [0.05, 0.1) is 0 Å². The van der Waals surface area contributed by atoms with Gasteiger partial charge in [-0.2, -0.15) is 13.2 Å². The van der Waals surface area contributed by atoms with E-state index in [1.807, 2.05) is 0 Å². The van der Waals surface area contributed by atoms with Gasteiger partial charge in [-0.3, -0.25) is 0 Å². The van der Waals surface area contributed by atoms with Gasteiger partial charge < -0.3 is 0 Å². The lowest BCUT2D eigenvalue weighted by atomic mass is 10.2. The van der Waals surface area contributed by atoms with Crippen LogP contribution in [0.15, 0.2) is 17.0 Å². The third-order valence-corrected chi connectivity index (χ3v) is 2.58. The van der Waals surface area contributed by atoms with Crippen LogP contribution in [0.3, 0.4) is 0 Å². The predicted octanol–water partition coefficient (Wildman–Crippen LogP) is 4.40. The predicted molar refractivity (Wildman–Crippen MR) is 48.1 cm³/mol. The van der Waals surface area contributed by atoms with Crippen molar-refractivity contribution >= 4 is 23.4 Å². The van der Waals surface area contributed by atoms with Crippen LogP contribution < -0.4 is 0 Å². The standard InChI is InChI=1S/C8H5ClF4S/c1-4-6(10)2-5(9)3-7(4)14-8(11,12)13/h2-3H,1H3. The van der Waals surface area contributed by atoms with Gasteiger partial charge in [0.1, 0.15) is 5.82 Å². The molecule has 0 nitrogen and oxygen atoms in total. The van der Waals surface area contributed by atoms with E-state index in [0.717, 1.165) is 12.1 Å². The van der Waals surface area contributed by atoms with Gasteiger partial charge in [-0.05, 0) is 36.4 Å². The number of halogens is 5. The van der Waals surface area contributed by atoms with E-state index in [1.165, 1.54) is 6.92 Å². The molecule has 0 radical (unpaired) electrons. The molecule has 0 heterocycles. The van der Waals surface area contributed by atoms with Gasteiger partial charge in [0.15, 0.2) is 0 Å². The summed E-state index contributed by atoms with van der Waals surface area (Å²) in [6.45, 7) is 1.28. The van der Waals surface area contributed by atoms with Crippen molar-refractivity contribution in [1.82, 2.24) is 0 Å². The van der Waals surface area contributed by atoms with Crippen LogP contribution in [0.1, 0.15) is 5.56 Å². The van der Waals surface area contributed by atoms with Crippen LogP contribution in [0.4, 0.5) is 17.6 Å². The molecular weight excluding hydrogens is 240 g/mol. The fourth-order valence-electron chi connectivity index (χ4n) is 0.853. The molecule has 0 aliphatic heterocycles. The molecule has 0 spiro atoms. The van der Waals surface area contributed by atoms with Crippen molar-refractivity contribution < 1.29 is 17.6 Å². The largest absolute Gasteiger partial charge is 0.446 e. The summed E-state index contributed by atoms with van der Waals surface area (Å²) >= 11 is 5.06. The Hall–Kier alpha value is -0.420. The van der Waals surface area contributed by atoms with Crippen molar-refractivity contribution in [3.05, 3.63) is 28.5 Å². The van der Waals surface area contributed by atoms with E-state index in [2.05, 4.69) is 0 Å². The van der Waals surface area contributed by atoms with E-state index in [1.54, 1.807) is 0 Å². The molecule has 1 aromatic rings. The number of thioether (sulfide) groups is 1. The van der Waals surface area contributed by atoms with Gasteiger partial charge in [0.25, 0.3) is 0 Å². The van der Waals surface area contributed by atoms with Crippen molar-refractivity contribution in [2.24, 2.45) is 0 Å². The number of rotatable bonds is 1. The van der Waals surface area contributed by atoms with E-state index in [-0.39, 0.29) is 27.2 Å². The van der Waals surface area contributed by atoms with Crippen LogP contribution in [0, 0.1) is 12.7 Å². The maximum absolute atomic E-state index is 13.0. The first-order valence-corrected chi connectivity index (χ1v) is 4.70. The highest BCUT2D eigenvalue weighted by molar-refractivity contribution is 8.00. The molecule has 0 fully saturated rings. The Kier molecular flexibility index (Phi) is 3.32. The molecule has 0 unspecified atom stereocenters. The molecule has 1 rings (SSSR count). The van der Waals surface area contributed by atoms with Crippen LogP contribution in [-0.4, -0.2) is 5.51 Å². The third-order valence-electron chi connectivity index (χ3n) is 1.49. The van der Waals surface area contributed by atoms with Crippen LogP contribution in [0.2, 0.25) is 5.02 Å². The molecule has 0 saturated heterocycles. The molecule has 0 aromatic heterocycles. The van der Waals surface area contributed by atoms with E-state index in [4.69, 9.17) is 11.6 Å². The lowest BCUT2D eigenvalue weighted by molar-refractivity contribution is -0.0328. The topological polar surface area (TPSA) is 0 Å². The Bertz CT molecular complexity index is 348. The summed E-state index contributed by atoms with van der Waals surface area (Å²) in [5, 5.41) is -0.0418. The van der Waals surface area contributed by atoms with Crippen LogP contribution >= 0.6 is 23.4 Å². The van der Waals surface area contributed by atoms with E-state index in [0.29, 0.717) is 0 Å². The molecule has 0 aliphatic rings. The zero-order valence-corrected chi connectivity index (χ0v) is 8.53. The maximum Gasteiger partial charge on any atom is 0.446 e. The Balaban J connectivity index is 3.09. The van der Waals surface area contributed by atoms with Gasteiger partial charge in [-0.25, -0.2) is 4.39 Å². The summed E-state index contributed by atoms with van der Waals surface area (Å²) in [7, 11) is 0. The molecule has 0 bridgehead atoms. The minimum absolute atomic E-state index is 0.0418. The van der Waals surface area contributed by atoms with Gasteiger partial charge >= 0.3 is 5.51 Å². The molecule has 14 heavy (non-hydrogen) atoms. The fourth-order valence-corrected chi connectivity index (χ4v) is 1.81. The first kappa shape index (κ1) is 11.7. The summed E-state index contributed by atoms with van der Waals surface area (Å²) < 4.78 is 48.9. The molecule has 0 aliphatic carbocycles. The van der Waals surface area contributed by atoms with Crippen molar-refractivity contribution in [2.45, 2.75) is 17.3 Å². The molecule has 0 N–H and O–H groups in total. The van der Waals surface area contributed by atoms with Gasteiger partial charge in [-0.1, -0.05) is 11.6 Å². The lowest BCUT2D eigenvalue weighted by Crippen LogP contribution is -2.00. The molecule has 1 aromatic carbocycles. The van der Waals surface area contributed by atoms with Crippen molar-refractivity contribution in [2.75, 3.05) is 0 Å². The normalized spacial score (nSPS) is 11.9. The van der Waals surface area contributed by atoms with Gasteiger partial charge in [0, 0.05) is 9.92 Å². The van der Waals surface area contributed by atoms with Crippen molar-refractivity contribution in [3.63, 3.8) is 0 Å². The first-order chi connectivity index (χ1) is 6.29. The summed E-state index contributed by atoms with van der Waals surface area (Å²) in [4.78, 5) is -0.206. The minimum atomic E-state index is -4.43. The molecule has 0 saturated carbocycles. The number of hydrogen-bond acceptors (Lipinski definition) is 1. The Morgan fingerprint density at radius 2 is 1.86 bits per heavy atom. The molecular formula is C8H5ClF4S. The second-order valence-electron chi connectivity index (χ2n) is 2.56. The summed E-state index contributed by atoms with van der Waals surface area (Å²) in [5.74, 6) is -0.732. The molecule has 0 atom stereocenters. The smallest absolute Gasteiger partial charge is 0.207 e. The quantitative estimate of drug-likeness (QED) is 0.521. The number of hydrogen-bond donors (Lipinski definition) is 0. The molecule has 0 amide bonds. The molecule has 78 valence electrons. The van der Waals surface area contributed by atoms with Gasteiger partial charge in [-0.15, -0.1) is 0 Å². The Labute approximate surface area is 87.2 Å². The van der Waals surface area contributed by atoms with E-state index >= 15 is 0 Å². The van der Waals surface area contributed by atoms with Crippen LogP contribution in [-0.2, 0) is 0 Å².